The molecule has 0 aromatic heterocycles. The molecule has 2 rings (SSSR count). The zero-order chi connectivity index (χ0) is 13.0. The molecule has 4 nitrogen and oxygen atoms in total. The molecule has 1 aliphatic heterocycles. The van der Waals surface area contributed by atoms with E-state index in [0.29, 0.717) is 11.6 Å². The average Bonchev–Trinajstić information content (AvgIpc) is 2.37. The molecule has 0 bridgehead atoms. The van der Waals surface area contributed by atoms with Gasteiger partial charge in [-0.15, -0.1) is 0 Å². The fraction of sp³-hybridized carbons (Fsp3) is 0.462. The normalized spacial score (nSPS) is 18.5. The van der Waals surface area contributed by atoms with Gasteiger partial charge in [-0.1, -0.05) is 23.7 Å². The number of halogens is 1. The number of piperazine rings is 1. The number of rotatable bonds is 4. The number of hydrogen-bond donors (Lipinski definition) is 2. The van der Waals surface area contributed by atoms with Crippen LogP contribution in [0, 0.1) is 0 Å². The molecule has 1 saturated heterocycles. The van der Waals surface area contributed by atoms with Crippen LogP contribution < -0.4 is 5.32 Å². The zero-order valence-electron chi connectivity index (χ0n) is 10.1. The van der Waals surface area contributed by atoms with Gasteiger partial charge in [0.05, 0.1) is 5.92 Å². The molecule has 0 amide bonds. The Morgan fingerprint density at radius 2 is 2.17 bits per heavy atom. The van der Waals surface area contributed by atoms with Crippen LogP contribution in [0.1, 0.15) is 11.5 Å². The molecular formula is C13H17ClN2O2. The lowest BCUT2D eigenvalue weighted by molar-refractivity contribution is -0.139. The molecule has 1 aliphatic rings. The minimum atomic E-state index is -0.796. The lowest BCUT2D eigenvalue weighted by atomic mass is 9.98. The monoisotopic (exact) mass is 268 g/mol. The van der Waals surface area contributed by atoms with Crippen LogP contribution in [0.25, 0.3) is 0 Å². The summed E-state index contributed by atoms with van der Waals surface area (Å²) >= 11 is 5.92. The van der Waals surface area contributed by atoms with Crippen LogP contribution in [0.3, 0.4) is 0 Å². The molecule has 18 heavy (non-hydrogen) atoms. The summed E-state index contributed by atoms with van der Waals surface area (Å²) in [5.74, 6) is -1.31. The minimum Gasteiger partial charge on any atom is -0.481 e. The van der Waals surface area contributed by atoms with Crippen molar-refractivity contribution in [3.63, 3.8) is 0 Å². The van der Waals surface area contributed by atoms with Crippen LogP contribution in [0.15, 0.2) is 24.3 Å². The predicted molar refractivity (Wildman–Crippen MR) is 71.1 cm³/mol. The Kier molecular flexibility index (Phi) is 4.58. The third-order valence-corrected chi connectivity index (χ3v) is 3.43. The van der Waals surface area contributed by atoms with E-state index < -0.39 is 11.9 Å². The molecule has 1 unspecified atom stereocenters. The molecule has 0 radical (unpaired) electrons. The zero-order valence-corrected chi connectivity index (χ0v) is 10.9. The third-order valence-electron chi connectivity index (χ3n) is 3.20. The van der Waals surface area contributed by atoms with Gasteiger partial charge in [-0.2, -0.15) is 0 Å². The molecular weight excluding hydrogens is 252 g/mol. The summed E-state index contributed by atoms with van der Waals surface area (Å²) in [6.45, 7) is 4.16. The van der Waals surface area contributed by atoms with Crippen molar-refractivity contribution in [1.82, 2.24) is 10.2 Å². The first kappa shape index (κ1) is 13.3. The van der Waals surface area contributed by atoms with E-state index >= 15 is 0 Å². The van der Waals surface area contributed by atoms with E-state index in [1.54, 1.807) is 18.2 Å². The van der Waals surface area contributed by atoms with E-state index in [4.69, 9.17) is 11.6 Å². The minimum absolute atomic E-state index is 0.512. The molecule has 5 heteroatoms. The third kappa shape index (κ3) is 3.45. The van der Waals surface area contributed by atoms with Crippen LogP contribution in [0.2, 0.25) is 5.02 Å². The van der Waals surface area contributed by atoms with Gasteiger partial charge in [0.2, 0.25) is 0 Å². The van der Waals surface area contributed by atoms with Crippen molar-refractivity contribution in [2.45, 2.75) is 5.92 Å². The van der Waals surface area contributed by atoms with Gasteiger partial charge in [0.1, 0.15) is 0 Å². The van der Waals surface area contributed by atoms with Crippen molar-refractivity contribution in [1.29, 1.82) is 0 Å². The van der Waals surface area contributed by atoms with Gasteiger partial charge in [-0.05, 0) is 17.7 Å². The summed E-state index contributed by atoms with van der Waals surface area (Å²) in [7, 11) is 0. The predicted octanol–water partition coefficient (Wildman–Crippen LogP) is 1.41. The molecule has 0 spiro atoms. The van der Waals surface area contributed by atoms with Gasteiger partial charge in [0, 0.05) is 37.7 Å². The quantitative estimate of drug-likeness (QED) is 0.867. The summed E-state index contributed by atoms with van der Waals surface area (Å²) in [4.78, 5) is 13.6. The average molecular weight is 269 g/mol. The molecule has 1 heterocycles. The molecule has 1 atom stereocenters. The van der Waals surface area contributed by atoms with Crippen molar-refractivity contribution in [2.24, 2.45) is 0 Å². The Morgan fingerprint density at radius 1 is 1.44 bits per heavy atom. The number of carbonyl (C=O) groups is 1. The van der Waals surface area contributed by atoms with E-state index in [0.717, 1.165) is 31.7 Å². The van der Waals surface area contributed by atoms with E-state index in [2.05, 4.69) is 10.2 Å². The molecule has 98 valence electrons. The standard InChI is InChI=1S/C13H17ClN2O2/c14-11-3-1-2-10(8-11)12(13(17)18)9-16-6-4-15-5-7-16/h1-3,8,12,15H,4-7,9H2,(H,17,18). The number of aliphatic carboxylic acids is 1. The molecule has 0 saturated carbocycles. The van der Waals surface area contributed by atoms with Crippen LogP contribution >= 0.6 is 11.6 Å². The Hall–Kier alpha value is -1.10. The molecule has 1 aromatic rings. The van der Waals surface area contributed by atoms with Crippen molar-refractivity contribution in [3.05, 3.63) is 34.9 Å². The topological polar surface area (TPSA) is 52.6 Å². The summed E-state index contributed by atoms with van der Waals surface area (Å²) in [5.41, 5.74) is 0.772. The Labute approximate surface area is 112 Å². The smallest absolute Gasteiger partial charge is 0.312 e. The maximum atomic E-state index is 11.4. The Balaban J connectivity index is 2.10. The fourth-order valence-corrected chi connectivity index (χ4v) is 2.40. The number of benzene rings is 1. The molecule has 1 fully saturated rings. The fourth-order valence-electron chi connectivity index (χ4n) is 2.20. The lowest BCUT2D eigenvalue weighted by Gasteiger charge is -2.29. The summed E-state index contributed by atoms with van der Waals surface area (Å²) in [5, 5.41) is 13.2. The highest BCUT2D eigenvalue weighted by Crippen LogP contribution is 2.21. The first-order valence-electron chi connectivity index (χ1n) is 6.08. The van der Waals surface area contributed by atoms with E-state index in [-0.39, 0.29) is 0 Å². The molecule has 0 aliphatic carbocycles. The van der Waals surface area contributed by atoms with Crippen molar-refractivity contribution >= 4 is 17.6 Å². The number of nitrogens with zero attached hydrogens (tertiary/aromatic N) is 1. The summed E-state index contributed by atoms with van der Waals surface area (Å²) < 4.78 is 0. The Bertz CT molecular complexity index is 419. The first-order chi connectivity index (χ1) is 8.66. The number of hydrogen-bond acceptors (Lipinski definition) is 3. The van der Waals surface area contributed by atoms with Gasteiger partial charge in [0.25, 0.3) is 0 Å². The highest BCUT2D eigenvalue weighted by molar-refractivity contribution is 6.30. The van der Waals surface area contributed by atoms with Gasteiger partial charge >= 0.3 is 5.97 Å². The number of carboxylic acids is 1. The van der Waals surface area contributed by atoms with Crippen molar-refractivity contribution < 1.29 is 9.90 Å². The van der Waals surface area contributed by atoms with E-state index in [1.165, 1.54) is 0 Å². The van der Waals surface area contributed by atoms with Gasteiger partial charge in [-0.3, -0.25) is 9.69 Å². The van der Waals surface area contributed by atoms with Gasteiger partial charge in [0.15, 0.2) is 0 Å². The SMILES string of the molecule is O=C(O)C(CN1CCNCC1)c1cccc(Cl)c1. The number of carboxylic acid groups (broad SMARTS) is 1. The van der Waals surface area contributed by atoms with Crippen molar-refractivity contribution in [2.75, 3.05) is 32.7 Å². The number of nitrogens with one attached hydrogen (secondary N) is 1. The van der Waals surface area contributed by atoms with Crippen LogP contribution in [0.4, 0.5) is 0 Å². The van der Waals surface area contributed by atoms with E-state index in [9.17, 15) is 9.90 Å². The first-order valence-corrected chi connectivity index (χ1v) is 6.46. The summed E-state index contributed by atoms with van der Waals surface area (Å²) in [6.07, 6.45) is 0. The maximum Gasteiger partial charge on any atom is 0.312 e. The molecule has 2 N–H and O–H groups in total. The highest BCUT2D eigenvalue weighted by Gasteiger charge is 2.23. The van der Waals surface area contributed by atoms with E-state index in [1.807, 2.05) is 6.07 Å². The molecule has 1 aromatic carbocycles. The largest absolute Gasteiger partial charge is 0.481 e. The van der Waals surface area contributed by atoms with Gasteiger partial charge in [-0.25, -0.2) is 0 Å². The lowest BCUT2D eigenvalue weighted by Crippen LogP contribution is -2.45. The van der Waals surface area contributed by atoms with Crippen LogP contribution in [-0.2, 0) is 4.79 Å². The van der Waals surface area contributed by atoms with Crippen LogP contribution in [-0.4, -0.2) is 48.7 Å². The summed E-state index contributed by atoms with van der Waals surface area (Å²) in [6, 6.07) is 7.12. The van der Waals surface area contributed by atoms with Crippen LogP contribution in [0.5, 0.6) is 0 Å². The second kappa shape index (κ2) is 6.18. The second-order valence-corrected chi connectivity index (χ2v) is 4.93. The highest BCUT2D eigenvalue weighted by atomic mass is 35.5. The van der Waals surface area contributed by atoms with Crippen molar-refractivity contribution in [3.8, 4) is 0 Å². The Morgan fingerprint density at radius 3 is 2.78 bits per heavy atom. The second-order valence-electron chi connectivity index (χ2n) is 4.50. The van der Waals surface area contributed by atoms with Gasteiger partial charge < -0.3 is 10.4 Å². The maximum absolute atomic E-state index is 11.4.